The number of nitrogens with two attached hydrogens (primary N) is 1. The Balaban J connectivity index is 1.63. The largest absolute Gasteiger partial charge is 0.507 e. The maximum atomic E-state index is 13.6. The number of esters is 1. The number of benzene rings is 2. The van der Waals surface area contributed by atoms with E-state index in [1.165, 1.54) is 54.3 Å². The third kappa shape index (κ3) is 7.22. The van der Waals surface area contributed by atoms with Gasteiger partial charge in [-0.3, -0.25) is 19.7 Å². The number of phenols is 1. The zero-order valence-corrected chi connectivity index (χ0v) is 22.6. The number of primary amides is 1. The molecule has 43 heavy (non-hydrogen) atoms. The number of rotatable bonds is 12. The van der Waals surface area contributed by atoms with Crippen LogP contribution in [-0.4, -0.2) is 50.7 Å². The van der Waals surface area contributed by atoms with E-state index in [1.807, 2.05) is 0 Å². The topological polar surface area (TPSA) is 189 Å². The Morgan fingerprint density at radius 2 is 1.93 bits per heavy atom. The number of hydrogen-bond donors (Lipinski definition) is 3. The van der Waals surface area contributed by atoms with Crippen molar-refractivity contribution in [2.75, 3.05) is 7.11 Å². The second kappa shape index (κ2) is 13.1. The van der Waals surface area contributed by atoms with Gasteiger partial charge in [-0.05, 0) is 65.9 Å². The third-order valence-electron chi connectivity index (χ3n) is 6.15. The zero-order valence-electron chi connectivity index (χ0n) is 22.6. The number of aromatic nitrogens is 2. The molecule has 3 aromatic rings. The van der Waals surface area contributed by atoms with Gasteiger partial charge in [0.25, 0.3) is 11.6 Å². The van der Waals surface area contributed by atoms with Crippen molar-refractivity contribution < 1.29 is 38.3 Å². The van der Waals surface area contributed by atoms with Gasteiger partial charge in [0.2, 0.25) is 5.91 Å². The maximum Gasteiger partial charge on any atom is 0.328 e. The van der Waals surface area contributed by atoms with E-state index in [9.17, 15) is 34.0 Å². The van der Waals surface area contributed by atoms with E-state index >= 15 is 0 Å². The van der Waals surface area contributed by atoms with Crippen LogP contribution < -0.4 is 15.8 Å². The molecule has 0 saturated heterocycles. The van der Waals surface area contributed by atoms with Gasteiger partial charge in [-0.2, -0.15) is 9.49 Å². The fraction of sp³-hybridized carbons (Fsp3) is 0.172. The first-order valence-corrected chi connectivity index (χ1v) is 12.6. The van der Waals surface area contributed by atoms with Crippen LogP contribution in [0.25, 0.3) is 17.0 Å². The summed E-state index contributed by atoms with van der Waals surface area (Å²) in [5.74, 6) is -3.09. The van der Waals surface area contributed by atoms with E-state index in [4.69, 9.17) is 15.2 Å². The fourth-order valence-electron chi connectivity index (χ4n) is 4.02. The lowest BCUT2D eigenvalue weighted by Crippen LogP contribution is -2.42. The molecule has 4 rings (SSSR count). The normalized spacial score (nSPS) is 12.6. The van der Waals surface area contributed by atoms with E-state index in [0.717, 1.165) is 6.08 Å². The van der Waals surface area contributed by atoms with Crippen molar-refractivity contribution in [1.82, 2.24) is 15.1 Å². The number of amides is 2. The number of nitro benzene ring substituents is 1. The van der Waals surface area contributed by atoms with Gasteiger partial charge in [0.1, 0.15) is 29.8 Å². The van der Waals surface area contributed by atoms with Crippen LogP contribution in [0.1, 0.15) is 28.9 Å². The number of nitro groups is 1. The number of ether oxygens (including phenoxy) is 2. The summed E-state index contributed by atoms with van der Waals surface area (Å²) >= 11 is 0. The molecule has 2 aromatic carbocycles. The SMILES string of the molecule is COc1cccc(O)c1-c1cc(C(=O)N[C@@H](CCC(N)=O)C(=O)OCc2ccc([N+](=O)[O-])cc2)nn1C1=C=C=C(F)C=C1. The molecule has 0 radical (unpaired) electrons. The molecule has 0 aliphatic heterocycles. The molecule has 0 saturated carbocycles. The molecule has 0 spiro atoms. The molecule has 0 fully saturated rings. The lowest BCUT2D eigenvalue weighted by Gasteiger charge is -2.16. The molecule has 220 valence electrons. The first-order valence-electron chi connectivity index (χ1n) is 12.6. The molecule has 1 aliphatic rings. The molecule has 1 atom stereocenters. The Morgan fingerprint density at radius 1 is 1.19 bits per heavy atom. The molecule has 13 nitrogen and oxygen atoms in total. The highest BCUT2D eigenvalue weighted by atomic mass is 19.1. The van der Waals surface area contributed by atoms with E-state index in [1.54, 1.807) is 12.1 Å². The van der Waals surface area contributed by atoms with E-state index < -0.39 is 34.6 Å². The minimum atomic E-state index is -1.32. The zero-order chi connectivity index (χ0) is 31.1. The number of aromatic hydroxyl groups is 1. The summed E-state index contributed by atoms with van der Waals surface area (Å²) in [5, 5.41) is 28.3. The Labute approximate surface area is 243 Å². The van der Waals surface area contributed by atoms with Crippen molar-refractivity contribution in [1.29, 1.82) is 0 Å². The third-order valence-corrected chi connectivity index (χ3v) is 6.15. The van der Waals surface area contributed by atoms with E-state index in [0.29, 0.717) is 5.56 Å². The van der Waals surface area contributed by atoms with Gasteiger partial charge in [0.15, 0.2) is 11.5 Å². The summed E-state index contributed by atoms with van der Waals surface area (Å²) in [4.78, 5) is 48.0. The number of carbonyl (C=O) groups excluding carboxylic acids is 3. The summed E-state index contributed by atoms with van der Waals surface area (Å²) in [5.41, 5.74) is 10.7. The van der Waals surface area contributed by atoms with Gasteiger partial charge in [0.05, 0.1) is 23.3 Å². The molecular weight excluding hydrogens is 565 g/mol. The number of halogens is 1. The maximum absolute atomic E-state index is 13.6. The molecule has 0 bridgehead atoms. The molecule has 1 aliphatic carbocycles. The lowest BCUT2D eigenvalue weighted by molar-refractivity contribution is -0.384. The first-order chi connectivity index (χ1) is 20.6. The standard InChI is InChI=1S/C29H24FN5O8/c1-42-25-4-2-3-24(36)27(25)23-15-22(33-34(23)19-11-7-18(30)8-12-19)28(38)32-21(13-14-26(31)37)29(39)43-16-17-5-9-20(10-6-17)35(40)41/h2-7,9-11,15,21,36H,13-14,16H2,1H3,(H2,31,37)(H,32,38)/t21-/m0/s1. The molecule has 1 heterocycles. The highest BCUT2D eigenvalue weighted by molar-refractivity contribution is 5.97. The smallest absolute Gasteiger partial charge is 0.328 e. The number of phenolic OH excluding ortho intramolecular Hbond substituents is 1. The Hall–Kier alpha value is -5.97. The second-order valence-electron chi connectivity index (χ2n) is 9.06. The number of non-ortho nitro benzene ring substituents is 1. The summed E-state index contributed by atoms with van der Waals surface area (Å²) in [7, 11) is 1.38. The van der Waals surface area contributed by atoms with E-state index in [2.05, 4.69) is 21.9 Å². The van der Waals surface area contributed by atoms with Crippen molar-refractivity contribution in [3.8, 4) is 22.8 Å². The quantitative estimate of drug-likeness (QED) is 0.123. The minimum Gasteiger partial charge on any atom is -0.507 e. The minimum absolute atomic E-state index is 0.141. The monoisotopic (exact) mass is 589 g/mol. The van der Waals surface area contributed by atoms with Gasteiger partial charge in [-0.1, -0.05) is 6.07 Å². The van der Waals surface area contributed by atoms with Crippen LogP contribution in [0.4, 0.5) is 10.1 Å². The Kier molecular flexibility index (Phi) is 9.16. The van der Waals surface area contributed by atoms with Crippen molar-refractivity contribution in [3.63, 3.8) is 0 Å². The molecule has 0 unspecified atom stereocenters. The van der Waals surface area contributed by atoms with Gasteiger partial charge in [-0.25, -0.2) is 9.48 Å². The van der Waals surface area contributed by atoms with Crippen LogP contribution in [0.2, 0.25) is 0 Å². The number of carbonyl (C=O) groups is 3. The van der Waals surface area contributed by atoms with Crippen molar-refractivity contribution in [2.45, 2.75) is 25.5 Å². The molecule has 1 aromatic heterocycles. The lowest BCUT2D eigenvalue weighted by atomic mass is 10.1. The predicted molar refractivity (Wildman–Crippen MR) is 149 cm³/mol. The highest BCUT2D eigenvalue weighted by Gasteiger charge is 2.27. The molecule has 2 amide bonds. The van der Waals surface area contributed by atoms with E-state index in [-0.39, 0.29) is 59.3 Å². The summed E-state index contributed by atoms with van der Waals surface area (Å²) in [6, 6.07) is 9.84. The summed E-state index contributed by atoms with van der Waals surface area (Å²) in [6.07, 6.45) is 2.00. The van der Waals surface area contributed by atoms with Crippen molar-refractivity contribution in [2.24, 2.45) is 5.73 Å². The number of hydrogen-bond acceptors (Lipinski definition) is 9. The van der Waals surface area contributed by atoms with Gasteiger partial charge in [0, 0.05) is 18.6 Å². The average molecular weight is 590 g/mol. The number of nitrogens with one attached hydrogen (secondary N) is 1. The molecular formula is C29H24FN5O8. The van der Waals surface area contributed by atoms with Crippen LogP contribution in [-0.2, 0) is 20.9 Å². The van der Waals surface area contributed by atoms with Crippen LogP contribution >= 0.6 is 0 Å². The summed E-state index contributed by atoms with van der Waals surface area (Å²) < 4.78 is 25.4. The van der Waals surface area contributed by atoms with Crippen LogP contribution in [0.3, 0.4) is 0 Å². The Morgan fingerprint density at radius 3 is 2.56 bits per heavy atom. The van der Waals surface area contributed by atoms with Crippen molar-refractivity contribution in [3.05, 3.63) is 99.3 Å². The van der Waals surface area contributed by atoms with Crippen LogP contribution in [0.15, 0.2) is 78.0 Å². The first kappa shape index (κ1) is 30.0. The van der Waals surface area contributed by atoms with Gasteiger partial charge >= 0.3 is 5.97 Å². The Bertz CT molecular complexity index is 1730. The number of methoxy groups -OCH3 is 1. The predicted octanol–water partition coefficient (Wildman–Crippen LogP) is 3.30. The van der Waals surface area contributed by atoms with Crippen LogP contribution in [0, 0.1) is 10.1 Å². The molecule has 4 N–H and O–H groups in total. The average Bonchev–Trinajstić information content (AvgIpc) is 3.43. The number of allylic oxidation sites excluding steroid dienone is 4. The number of nitrogens with zero attached hydrogens (tertiary/aromatic N) is 3. The van der Waals surface area contributed by atoms with Crippen molar-refractivity contribution >= 4 is 29.2 Å². The summed E-state index contributed by atoms with van der Waals surface area (Å²) in [6.45, 7) is -0.261. The fourth-order valence-corrected chi connectivity index (χ4v) is 4.02. The van der Waals surface area contributed by atoms with Gasteiger partial charge in [-0.15, -0.1) is 0 Å². The highest BCUT2D eigenvalue weighted by Crippen LogP contribution is 2.39. The van der Waals surface area contributed by atoms with Crippen LogP contribution in [0.5, 0.6) is 11.5 Å². The second-order valence-corrected chi connectivity index (χ2v) is 9.06. The molecule has 14 heteroatoms. The van der Waals surface area contributed by atoms with Gasteiger partial charge < -0.3 is 25.6 Å².